The molecule has 1 aromatic carbocycles. The second kappa shape index (κ2) is 8.45. The van der Waals surface area contributed by atoms with E-state index >= 15 is 0 Å². The van der Waals surface area contributed by atoms with E-state index in [4.69, 9.17) is 4.74 Å². The Balaban J connectivity index is 1.38. The van der Waals surface area contributed by atoms with Gasteiger partial charge < -0.3 is 9.64 Å². The van der Waals surface area contributed by atoms with Crippen LogP contribution in [0.4, 0.5) is 5.69 Å². The number of carbonyl (C=O) groups excluding carboxylic acids is 1. The fraction of sp³-hybridized carbons (Fsp3) is 0.545. The van der Waals surface area contributed by atoms with Crippen LogP contribution >= 0.6 is 0 Å². The maximum atomic E-state index is 13.0. The normalized spacial score (nSPS) is 19.8. The van der Waals surface area contributed by atoms with E-state index in [2.05, 4.69) is 41.2 Å². The molecule has 0 saturated carbocycles. The van der Waals surface area contributed by atoms with E-state index in [1.807, 2.05) is 22.6 Å². The zero-order valence-corrected chi connectivity index (χ0v) is 16.9. The van der Waals surface area contributed by atoms with Gasteiger partial charge in [0, 0.05) is 56.4 Å². The summed E-state index contributed by atoms with van der Waals surface area (Å²) in [6.45, 7) is 10.2. The molecule has 0 N–H and O–H groups in total. The van der Waals surface area contributed by atoms with Crippen molar-refractivity contribution in [2.24, 2.45) is 0 Å². The van der Waals surface area contributed by atoms with E-state index in [-0.39, 0.29) is 5.91 Å². The van der Waals surface area contributed by atoms with Crippen molar-refractivity contribution in [2.45, 2.75) is 39.2 Å². The summed E-state index contributed by atoms with van der Waals surface area (Å²) in [5.74, 6) is 0.604. The number of carbonyl (C=O) groups is 1. The number of ether oxygens (including phenoxy) is 1. The van der Waals surface area contributed by atoms with Gasteiger partial charge in [-0.15, -0.1) is 0 Å². The Morgan fingerprint density at radius 2 is 2.00 bits per heavy atom. The molecule has 0 bridgehead atoms. The molecule has 0 radical (unpaired) electrons. The number of fused-ring (bicyclic) bond motifs is 1. The molecule has 4 rings (SSSR count). The molecule has 2 aliphatic rings. The van der Waals surface area contributed by atoms with E-state index in [1.165, 1.54) is 5.56 Å². The first-order chi connectivity index (χ1) is 13.6. The summed E-state index contributed by atoms with van der Waals surface area (Å²) in [5, 5.41) is 4.49. The van der Waals surface area contributed by atoms with Gasteiger partial charge in [0.2, 0.25) is 5.91 Å². The van der Waals surface area contributed by atoms with Crippen molar-refractivity contribution in [3.63, 3.8) is 0 Å². The summed E-state index contributed by atoms with van der Waals surface area (Å²) in [5.41, 5.74) is 4.59. The highest BCUT2D eigenvalue weighted by Gasteiger charge is 2.33. The van der Waals surface area contributed by atoms with Crippen molar-refractivity contribution in [3.8, 4) is 0 Å². The molecule has 2 aromatic rings. The van der Waals surface area contributed by atoms with Crippen LogP contribution < -0.4 is 4.90 Å². The fourth-order valence-electron chi connectivity index (χ4n) is 4.40. The van der Waals surface area contributed by atoms with Gasteiger partial charge >= 0.3 is 0 Å². The van der Waals surface area contributed by atoms with Crippen molar-refractivity contribution in [3.05, 3.63) is 47.3 Å². The largest absolute Gasteiger partial charge is 0.379 e. The van der Waals surface area contributed by atoms with Crippen LogP contribution in [-0.2, 0) is 16.1 Å². The van der Waals surface area contributed by atoms with Gasteiger partial charge in [0.15, 0.2) is 0 Å². The molecule has 1 amide bonds. The molecule has 0 spiro atoms. The second-order valence-electron chi connectivity index (χ2n) is 7.93. The number of para-hydroxylation sites is 1. The van der Waals surface area contributed by atoms with Crippen molar-refractivity contribution in [1.29, 1.82) is 0 Å². The Bertz CT molecular complexity index is 826. The zero-order chi connectivity index (χ0) is 19.5. The third-order valence-corrected chi connectivity index (χ3v) is 5.82. The molecule has 3 heterocycles. The third-order valence-electron chi connectivity index (χ3n) is 5.82. The number of aromatic nitrogens is 2. The molecule has 28 heavy (non-hydrogen) atoms. The van der Waals surface area contributed by atoms with Crippen molar-refractivity contribution in [1.82, 2.24) is 14.7 Å². The van der Waals surface area contributed by atoms with Crippen LogP contribution in [0.25, 0.3) is 0 Å². The van der Waals surface area contributed by atoms with E-state index in [0.717, 1.165) is 69.4 Å². The second-order valence-corrected chi connectivity index (χ2v) is 7.93. The number of amides is 1. The van der Waals surface area contributed by atoms with Crippen LogP contribution in [-0.4, -0.2) is 60.0 Å². The van der Waals surface area contributed by atoms with Gasteiger partial charge in [-0.2, -0.15) is 5.10 Å². The number of hydrogen-bond acceptors (Lipinski definition) is 4. The number of benzene rings is 1. The molecule has 1 saturated heterocycles. The van der Waals surface area contributed by atoms with Crippen LogP contribution in [0.3, 0.4) is 0 Å². The first-order valence-electron chi connectivity index (χ1n) is 10.3. The average molecular weight is 383 g/mol. The summed E-state index contributed by atoms with van der Waals surface area (Å²) >= 11 is 0. The molecule has 2 aliphatic heterocycles. The molecule has 1 fully saturated rings. The maximum Gasteiger partial charge on any atom is 0.227 e. The van der Waals surface area contributed by atoms with Crippen molar-refractivity contribution >= 4 is 11.6 Å². The summed E-state index contributed by atoms with van der Waals surface area (Å²) in [4.78, 5) is 17.5. The van der Waals surface area contributed by atoms with Crippen LogP contribution in [0.1, 0.15) is 35.7 Å². The van der Waals surface area contributed by atoms with Gasteiger partial charge in [0.1, 0.15) is 0 Å². The molecular weight excluding hydrogens is 352 g/mol. The number of rotatable bonds is 6. The zero-order valence-electron chi connectivity index (χ0n) is 16.9. The Morgan fingerprint density at radius 1 is 1.21 bits per heavy atom. The minimum atomic E-state index is 0.221. The van der Waals surface area contributed by atoms with Gasteiger partial charge in [-0.3, -0.25) is 14.4 Å². The monoisotopic (exact) mass is 382 g/mol. The van der Waals surface area contributed by atoms with E-state index < -0.39 is 0 Å². The average Bonchev–Trinajstić information content (AvgIpc) is 3.22. The highest BCUT2D eigenvalue weighted by atomic mass is 16.5. The van der Waals surface area contributed by atoms with E-state index in [0.29, 0.717) is 12.3 Å². The number of nitrogens with zero attached hydrogens (tertiary/aromatic N) is 4. The smallest absolute Gasteiger partial charge is 0.227 e. The Kier molecular flexibility index (Phi) is 5.78. The quantitative estimate of drug-likeness (QED) is 0.771. The van der Waals surface area contributed by atoms with Crippen LogP contribution in [0.2, 0.25) is 0 Å². The fourth-order valence-corrected chi connectivity index (χ4v) is 4.40. The van der Waals surface area contributed by atoms with Crippen LogP contribution in [0.15, 0.2) is 30.3 Å². The summed E-state index contributed by atoms with van der Waals surface area (Å²) in [6, 6.07) is 10.5. The van der Waals surface area contributed by atoms with Gasteiger partial charge in [0.25, 0.3) is 0 Å². The highest BCUT2D eigenvalue weighted by Crippen LogP contribution is 2.37. The lowest BCUT2D eigenvalue weighted by Crippen LogP contribution is -2.40. The van der Waals surface area contributed by atoms with Crippen LogP contribution in [0, 0.1) is 13.8 Å². The lowest BCUT2D eigenvalue weighted by Gasteiger charge is -2.29. The van der Waals surface area contributed by atoms with Crippen LogP contribution in [0.5, 0.6) is 0 Å². The first-order valence-corrected chi connectivity index (χ1v) is 10.3. The molecule has 150 valence electrons. The Hall–Kier alpha value is -2.18. The van der Waals surface area contributed by atoms with Gasteiger partial charge in [-0.05, 0) is 38.0 Å². The lowest BCUT2D eigenvalue weighted by molar-refractivity contribution is -0.118. The van der Waals surface area contributed by atoms with Gasteiger partial charge in [-0.25, -0.2) is 0 Å². The molecule has 6 heteroatoms. The lowest BCUT2D eigenvalue weighted by atomic mass is 10.0. The molecule has 1 aromatic heterocycles. The minimum absolute atomic E-state index is 0.221. The standard InChI is InChI=1S/C22H30N4O2/c1-17-14-18(2)26(23-17)9-5-8-22(27)25-16-19(15-24-10-12-28-13-11-24)20-6-3-4-7-21(20)25/h3-4,6-7,14,19H,5,8-13,15-16H2,1-2H3/t19-/m0/s1. The molecular formula is C22H30N4O2. The Morgan fingerprint density at radius 3 is 2.75 bits per heavy atom. The minimum Gasteiger partial charge on any atom is -0.379 e. The first kappa shape index (κ1) is 19.2. The van der Waals surface area contributed by atoms with Gasteiger partial charge in [0.05, 0.1) is 18.9 Å². The van der Waals surface area contributed by atoms with Gasteiger partial charge in [-0.1, -0.05) is 18.2 Å². The summed E-state index contributed by atoms with van der Waals surface area (Å²) < 4.78 is 7.47. The van der Waals surface area contributed by atoms with E-state index in [1.54, 1.807) is 0 Å². The molecule has 1 atom stereocenters. The predicted octanol–water partition coefficient (Wildman–Crippen LogP) is 2.74. The molecule has 0 unspecified atom stereocenters. The van der Waals surface area contributed by atoms with E-state index in [9.17, 15) is 4.79 Å². The number of hydrogen-bond donors (Lipinski definition) is 0. The summed E-state index contributed by atoms with van der Waals surface area (Å²) in [7, 11) is 0. The topological polar surface area (TPSA) is 50.6 Å². The molecule has 6 nitrogen and oxygen atoms in total. The number of aryl methyl sites for hydroxylation is 3. The van der Waals surface area contributed by atoms with Crippen molar-refractivity contribution in [2.75, 3.05) is 44.3 Å². The predicted molar refractivity (Wildman–Crippen MR) is 110 cm³/mol. The SMILES string of the molecule is Cc1cc(C)n(CCCC(=O)N2C[C@H](CN3CCOCC3)c3ccccc32)n1. The maximum absolute atomic E-state index is 13.0. The number of anilines is 1. The molecule has 0 aliphatic carbocycles. The number of morpholine rings is 1. The Labute approximate surface area is 167 Å². The summed E-state index contributed by atoms with van der Waals surface area (Å²) in [6.07, 6.45) is 1.37. The van der Waals surface area contributed by atoms with Crippen molar-refractivity contribution < 1.29 is 9.53 Å². The highest BCUT2D eigenvalue weighted by molar-refractivity contribution is 5.95. The third kappa shape index (κ3) is 4.13.